The summed E-state index contributed by atoms with van der Waals surface area (Å²) >= 11 is 0. The zero-order valence-electron chi connectivity index (χ0n) is 14.1. The molecule has 0 saturated heterocycles. The molecular formula is C19H26O5. The van der Waals surface area contributed by atoms with Crippen molar-refractivity contribution in [2.45, 2.75) is 57.8 Å². The molecule has 4 atom stereocenters. The van der Waals surface area contributed by atoms with E-state index in [4.69, 9.17) is 5.11 Å². The Morgan fingerprint density at radius 3 is 2.75 bits per heavy atom. The average Bonchev–Trinajstić information content (AvgIpc) is 2.44. The quantitative estimate of drug-likeness (QED) is 0.639. The van der Waals surface area contributed by atoms with Crippen LogP contribution in [0, 0.1) is 12.8 Å². The molecule has 0 heterocycles. The van der Waals surface area contributed by atoms with Crippen molar-refractivity contribution >= 4 is 12.0 Å². The van der Waals surface area contributed by atoms with E-state index >= 15 is 0 Å². The number of hydrogen-bond donors (Lipinski definition) is 4. The summed E-state index contributed by atoms with van der Waals surface area (Å²) in [5.41, 5.74) is 4.07. The number of aliphatic hydroxyl groups excluding tert-OH is 3. The third-order valence-electron chi connectivity index (χ3n) is 4.60. The Morgan fingerprint density at radius 2 is 2.08 bits per heavy atom. The van der Waals surface area contributed by atoms with Gasteiger partial charge in [-0.2, -0.15) is 0 Å². The first-order chi connectivity index (χ1) is 11.3. The van der Waals surface area contributed by atoms with Gasteiger partial charge in [0.05, 0.1) is 24.7 Å². The average molecular weight is 334 g/mol. The van der Waals surface area contributed by atoms with Crippen LogP contribution in [0.25, 0.3) is 6.08 Å². The number of aliphatic carboxylic acids is 1. The van der Waals surface area contributed by atoms with Crippen molar-refractivity contribution in [3.8, 4) is 0 Å². The van der Waals surface area contributed by atoms with E-state index in [1.54, 1.807) is 12.2 Å². The van der Waals surface area contributed by atoms with E-state index in [-0.39, 0.29) is 12.8 Å². The van der Waals surface area contributed by atoms with Gasteiger partial charge >= 0.3 is 5.97 Å². The molecule has 0 saturated carbocycles. The lowest BCUT2D eigenvalue weighted by Crippen LogP contribution is -2.19. The Bertz CT molecular complexity index is 622. The highest BCUT2D eigenvalue weighted by atomic mass is 16.4. The predicted octanol–water partition coefficient (Wildman–Crippen LogP) is 2.21. The molecule has 1 aromatic carbocycles. The maximum Gasteiger partial charge on any atom is 0.305 e. The lowest BCUT2D eigenvalue weighted by molar-refractivity contribution is -0.139. The molecule has 1 aliphatic carbocycles. The van der Waals surface area contributed by atoms with Crippen LogP contribution in [-0.4, -0.2) is 38.6 Å². The normalized spacial score (nSPS) is 23.0. The summed E-state index contributed by atoms with van der Waals surface area (Å²) in [6.07, 6.45) is 2.18. The number of fused-ring (bicyclic) bond motifs is 1. The van der Waals surface area contributed by atoms with E-state index in [1.165, 1.54) is 5.56 Å². The lowest BCUT2D eigenvalue weighted by atomic mass is 9.80. The maximum absolute atomic E-state index is 10.5. The van der Waals surface area contributed by atoms with Crippen LogP contribution >= 0.6 is 0 Å². The molecule has 2 rings (SSSR count). The smallest absolute Gasteiger partial charge is 0.305 e. The molecule has 4 N–H and O–H groups in total. The summed E-state index contributed by atoms with van der Waals surface area (Å²) < 4.78 is 0. The Morgan fingerprint density at radius 1 is 1.38 bits per heavy atom. The topological polar surface area (TPSA) is 98.0 Å². The van der Waals surface area contributed by atoms with Crippen LogP contribution in [-0.2, 0) is 11.2 Å². The van der Waals surface area contributed by atoms with Gasteiger partial charge in [-0.15, -0.1) is 0 Å². The number of aliphatic hydroxyl groups is 3. The third kappa shape index (κ3) is 4.66. The first-order valence-electron chi connectivity index (χ1n) is 8.34. The van der Waals surface area contributed by atoms with Gasteiger partial charge in [-0.3, -0.25) is 4.79 Å². The zero-order valence-corrected chi connectivity index (χ0v) is 14.1. The van der Waals surface area contributed by atoms with Crippen molar-refractivity contribution in [1.29, 1.82) is 0 Å². The van der Waals surface area contributed by atoms with Crippen molar-refractivity contribution in [1.82, 2.24) is 0 Å². The fraction of sp³-hybridized carbons (Fsp3) is 0.526. The van der Waals surface area contributed by atoms with Gasteiger partial charge in [-0.05, 0) is 47.9 Å². The van der Waals surface area contributed by atoms with E-state index in [1.807, 2.05) is 19.1 Å². The highest BCUT2D eigenvalue weighted by Crippen LogP contribution is 2.36. The van der Waals surface area contributed by atoms with Crippen LogP contribution in [0.2, 0.25) is 0 Å². The Kier molecular flexibility index (Phi) is 6.15. The Labute approximate surface area is 142 Å². The molecular weight excluding hydrogens is 308 g/mol. The second-order valence-electron chi connectivity index (χ2n) is 6.83. The number of carboxylic acid groups (broad SMARTS) is 1. The fourth-order valence-electron chi connectivity index (χ4n) is 3.44. The minimum atomic E-state index is -1.09. The van der Waals surface area contributed by atoms with Crippen LogP contribution in [0.5, 0.6) is 0 Å². The monoisotopic (exact) mass is 334 g/mol. The summed E-state index contributed by atoms with van der Waals surface area (Å²) in [6.45, 7) is 4.09. The second-order valence-corrected chi connectivity index (χ2v) is 6.83. The molecule has 0 amide bonds. The number of benzene rings is 1. The highest BCUT2D eigenvalue weighted by molar-refractivity contribution is 5.67. The van der Waals surface area contributed by atoms with Crippen LogP contribution in [0.15, 0.2) is 18.2 Å². The van der Waals surface area contributed by atoms with E-state index in [0.717, 1.165) is 29.5 Å². The molecule has 0 spiro atoms. The van der Waals surface area contributed by atoms with Crippen molar-refractivity contribution < 1.29 is 25.2 Å². The molecule has 24 heavy (non-hydrogen) atoms. The molecule has 0 aliphatic heterocycles. The first kappa shape index (κ1) is 18.6. The predicted molar refractivity (Wildman–Crippen MR) is 91.5 cm³/mol. The zero-order chi connectivity index (χ0) is 17.9. The van der Waals surface area contributed by atoms with Gasteiger partial charge in [0.15, 0.2) is 0 Å². The van der Waals surface area contributed by atoms with Crippen LogP contribution in [0.1, 0.15) is 54.5 Å². The number of carboxylic acids is 1. The minimum absolute atomic E-state index is 0.0209. The molecule has 0 bridgehead atoms. The lowest BCUT2D eigenvalue weighted by Gasteiger charge is -2.28. The van der Waals surface area contributed by atoms with Crippen molar-refractivity contribution in [2.75, 3.05) is 0 Å². The van der Waals surface area contributed by atoms with Gasteiger partial charge in [0.1, 0.15) is 0 Å². The summed E-state index contributed by atoms with van der Waals surface area (Å²) in [4.78, 5) is 10.5. The summed E-state index contributed by atoms with van der Waals surface area (Å²) in [5, 5.41) is 38.4. The van der Waals surface area contributed by atoms with Crippen molar-refractivity contribution in [3.63, 3.8) is 0 Å². The Hall–Kier alpha value is -1.69. The molecule has 5 heteroatoms. The van der Waals surface area contributed by atoms with Crippen LogP contribution in [0.4, 0.5) is 0 Å². The molecule has 1 aliphatic rings. The van der Waals surface area contributed by atoms with Gasteiger partial charge in [-0.1, -0.05) is 31.2 Å². The van der Waals surface area contributed by atoms with Gasteiger partial charge in [0.2, 0.25) is 0 Å². The SMILES string of the molecule is Cc1c(C=CC(O)CC(O)CC(=O)O)ccc2c1C(O)CC(C)C2. The van der Waals surface area contributed by atoms with Crippen molar-refractivity contribution in [2.24, 2.45) is 5.92 Å². The molecule has 5 nitrogen and oxygen atoms in total. The van der Waals surface area contributed by atoms with Crippen molar-refractivity contribution in [3.05, 3.63) is 40.5 Å². The van der Waals surface area contributed by atoms with E-state index in [2.05, 4.69) is 6.92 Å². The Balaban J connectivity index is 2.10. The number of rotatable bonds is 6. The molecule has 132 valence electrons. The van der Waals surface area contributed by atoms with Gasteiger partial charge in [0, 0.05) is 6.42 Å². The number of hydrogen-bond acceptors (Lipinski definition) is 4. The molecule has 1 aromatic rings. The van der Waals surface area contributed by atoms with Gasteiger partial charge in [-0.25, -0.2) is 0 Å². The minimum Gasteiger partial charge on any atom is -0.481 e. The summed E-state index contributed by atoms with van der Waals surface area (Å²) in [5.74, 6) is -0.627. The summed E-state index contributed by atoms with van der Waals surface area (Å²) in [7, 11) is 0. The third-order valence-corrected chi connectivity index (χ3v) is 4.60. The van der Waals surface area contributed by atoms with E-state index in [9.17, 15) is 20.1 Å². The molecule has 0 radical (unpaired) electrons. The molecule has 4 unspecified atom stereocenters. The largest absolute Gasteiger partial charge is 0.481 e. The van der Waals surface area contributed by atoms with E-state index < -0.39 is 24.3 Å². The fourth-order valence-corrected chi connectivity index (χ4v) is 3.44. The number of carbonyl (C=O) groups is 1. The second kappa shape index (κ2) is 7.92. The maximum atomic E-state index is 10.5. The molecule has 0 fully saturated rings. The highest BCUT2D eigenvalue weighted by Gasteiger charge is 2.25. The summed E-state index contributed by atoms with van der Waals surface area (Å²) in [6, 6.07) is 3.99. The van der Waals surface area contributed by atoms with Gasteiger partial charge < -0.3 is 20.4 Å². The van der Waals surface area contributed by atoms with Gasteiger partial charge in [0.25, 0.3) is 0 Å². The molecule has 0 aromatic heterocycles. The standard InChI is InChI=1S/C19H26O5/c1-11-7-14-4-3-13(12(2)19(14)17(22)8-11)5-6-15(20)9-16(21)10-18(23)24/h3-6,11,15-17,20-22H,7-10H2,1-2H3,(H,23,24). The van der Waals surface area contributed by atoms with E-state index in [0.29, 0.717) is 5.92 Å². The van der Waals surface area contributed by atoms with Crippen LogP contribution in [0.3, 0.4) is 0 Å². The first-order valence-corrected chi connectivity index (χ1v) is 8.34. The van der Waals surface area contributed by atoms with Crippen LogP contribution < -0.4 is 0 Å².